The molecule has 1 N–H and O–H groups in total. The Morgan fingerprint density at radius 2 is 1.80 bits per heavy atom. The van der Waals surface area contributed by atoms with E-state index in [2.05, 4.69) is 41.2 Å². The second-order valence-electron chi connectivity index (χ2n) is 4.52. The van der Waals surface area contributed by atoms with Gasteiger partial charge in [0.05, 0.1) is 0 Å². The minimum absolute atomic E-state index is 0.305. The highest BCUT2D eigenvalue weighted by Gasteiger charge is 2.09. The monoisotopic (exact) mass is 353 g/mol. The Labute approximate surface area is 133 Å². The van der Waals surface area contributed by atoms with E-state index in [1.165, 1.54) is 5.56 Å². The second kappa shape index (κ2) is 7.11. The Morgan fingerprint density at radius 1 is 1.15 bits per heavy atom. The molecule has 0 saturated heterocycles. The first-order chi connectivity index (χ1) is 9.60. The molecule has 0 amide bonds. The zero-order valence-electron chi connectivity index (χ0n) is 11.5. The molecule has 0 heterocycles. The fourth-order valence-corrected chi connectivity index (χ4v) is 2.80. The Hall–Kier alpha value is -1.03. The molecule has 1 unspecified atom stereocenters. The summed E-state index contributed by atoms with van der Waals surface area (Å²) in [4.78, 5) is 0. The van der Waals surface area contributed by atoms with Crippen LogP contribution in [-0.4, -0.2) is 6.54 Å². The van der Waals surface area contributed by atoms with Gasteiger partial charge in [0.2, 0.25) is 0 Å². The normalized spacial score (nSPS) is 12.2. The molecule has 0 spiro atoms. The van der Waals surface area contributed by atoms with Crippen molar-refractivity contribution in [2.45, 2.75) is 19.9 Å². The van der Waals surface area contributed by atoms with Crippen molar-refractivity contribution in [3.63, 3.8) is 0 Å². The van der Waals surface area contributed by atoms with E-state index in [0.29, 0.717) is 11.1 Å². The highest BCUT2D eigenvalue weighted by molar-refractivity contribution is 9.10. The first-order valence-electron chi connectivity index (χ1n) is 6.56. The van der Waals surface area contributed by atoms with Gasteiger partial charge >= 0.3 is 0 Å². The number of ether oxygens (including phenoxy) is 1. The van der Waals surface area contributed by atoms with E-state index in [-0.39, 0.29) is 0 Å². The minimum Gasteiger partial charge on any atom is -0.457 e. The number of rotatable bonds is 5. The molecule has 2 aromatic rings. The maximum atomic E-state index is 5.86. The van der Waals surface area contributed by atoms with Crippen LogP contribution in [0.25, 0.3) is 0 Å². The highest BCUT2D eigenvalue weighted by atomic mass is 79.9. The molecule has 106 valence electrons. The summed E-state index contributed by atoms with van der Waals surface area (Å²) in [5.74, 6) is 1.57. The van der Waals surface area contributed by atoms with Crippen LogP contribution < -0.4 is 10.1 Å². The SMILES string of the molecule is CCNC(C)c1ccc(Oc2ccc(Cl)cc2)cc1Br. The number of benzene rings is 2. The van der Waals surface area contributed by atoms with Gasteiger partial charge < -0.3 is 10.1 Å². The lowest BCUT2D eigenvalue weighted by Crippen LogP contribution is -2.17. The molecule has 2 nitrogen and oxygen atoms in total. The van der Waals surface area contributed by atoms with Crippen molar-refractivity contribution < 1.29 is 4.74 Å². The predicted molar refractivity (Wildman–Crippen MR) is 87.8 cm³/mol. The standard InChI is InChI=1S/C16H17BrClNO/c1-3-19-11(2)15-9-8-14(10-16(15)17)20-13-6-4-12(18)5-7-13/h4-11,19H,3H2,1-2H3. The van der Waals surface area contributed by atoms with Crippen LogP contribution in [-0.2, 0) is 0 Å². The van der Waals surface area contributed by atoms with Crippen molar-refractivity contribution in [3.8, 4) is 11.5 Å². The van der Waals surface area contributed by atoms with E-state index in [0.717, 1.165) is 22.5 Å². The molecule has 2 rings (SSSR count). The van der Waals surface area contributed by atoms with Gasteiger partial charge in [0.15, 0.2) is 0 Å². The average molecular weight is 355 g/mol. The van der Waals surface area contributed by atoms with Crippen molar-refractivity contribution in [2.24, 2.45) is 0 Å². The van der Waals surface area contributed by atoms with E-state index < -0.39 is 0 Å². The van der Waals surface area contributed by atoms with Gasteiger partial charge in [-0.2, -0.15) is 0 Å². The number of hydrogen-bond donors (Lipinski definition) is 1. The first kappa shape index (κ1) is 15.4. The molecule has 20 heavy (non-hydrogen) atoms. The summed E-state index contributed by atoms with van der Waals surface area (Å²) < 4.78 is 6.84. The summed E-state index contributed by atoms with van der Waals surface area (Å²) in [5.41, 5.74) is 1.22. The van der Waals surface area contributed by atoms with Crippen molar-refractivity contribution >= 4 is 27.5 Å². The highest BCUT2D eigenvalue weighted by Crippen LogP contribution is 2.30. The topological polar surface area (TPSA) is 21.3 Å². The van der Waals surface area contributed by atoms with Crippen molar-refractivity contribution in [3.05, 3.63) is 57.5 Å². The quantitative estimate of drug-likeness (QED) is 0.758. The molecule has 0 aromatic heterocycles. The van der Waals surface area contributed by atoms with E-state index in [1.54, 1.807) is 0 Å². The van der Waals surface area contributed by atoms with Gasteiger partial charge in [0, 0.05) is 15.5 Å². The van der Waals surface area contributed by atoms with E-state index in [9.17, 15) is 0 Å². The molecule has 0 aliphatic heterocycles. The maximum Gasteiger partial charge on any atom is 0.128 e. The second-order valence-corrected chi connectivity index (χ2v) is 5.81. The third-order valence-corrected chi connectivity index (χ3v) is 3.94. The van der Waals surface area contributed by atoms with Gasteiger partial charge in [-0.15, -0.1) is 0 Å². The molecule has 0 aliphatic carbocycles. The Kier molecular flexibility index (Phi) is 5.46. The summed E-state index contributed by atoms with van der Waals surface area (Å²) in [7, 11) is 0. The van der Waals surface area contributed by atoms with Crippen LogP contribution in [0.15, 0.2) is 46.9 Å². The van der Waals surface area contributed by atoms with Crippen LogP contribution in [0.2, 0.25) is 5.02 Å². The molecule has 0 radical (unpaired) electrons. The molecule has 0 aliphatic rings. The zero-order chi connectivity index (χ0) is 14.5. The molecular formula is C16H17BrClNO. The Morgan fingerprint density at radius 3 is 2.40 bits per heavy atom. The van der Waals surface area contributed by atoms with Gasteiger partial charge in [-0.3, -0.25) is 0 Å². The van der Waals surface area contributed by atoms with Gasteiger partial charge in [-0.1, -0.05) is 40.5 Å². The van der Waals surface area contributed by atoms with Crippen LogP contribution in [0.5, 0.6) is 11.5 Å². The number of hydrogen-bond acceptors (Lipinski definition) is 2. The molecule has 0 bridgehead atoms. The largest absolute Gasteiger partial charge is 0.457 e. The smallest absolute Gasteiger partial charge is 0.128 e. The van der Waals surface area contributed by atoms with Gasteiger partial charge in [0.25, 0.3) is 0 Å². The molecule has 4 heteroatoms. The van der Waals surface area contributed by atoms with Crippen LogP contribution in [0.1, 0.15) is 25.5 Å². The Bertz CT molecular complexity index is 571. The van der Waals surface area contributed by atoms with E-state index >= 15 is 0 Å². The van der Waals surface area contributed by atoms with E-state index in [4.69, 9.17) is 16.3 Å². The fourth-order valence-electron chi connectivity index (χ4n) is 1.98. The van der Waals surface area contributed by atoms with Gasteiger partial charge in [-0.05, 0) is 55.4 Å². The van der Waals surface area contributed by atoms with Crippen molar-refractivity contribution in [1.82, 2.24) is 5.32 Å². The average Bonchev–Trinajstić information content (AvgIpc) is 2.42. The summed E-state index contributed by atoms with van der Waals surface area (Å²) in [6, 6.07) is 13.7. The minimum atomic E-state index is 0.305. The molecule has 0 fully saturated rings. The molecule has 2 aromatic carbocycles. The summed E-state index contributed by atoms with van der Waals surface area (Å²) >= 11 is 9.46. The summed E-state index contributed by atoms with van der Waals surface area (Å²) in [6.45, 7) is 5.18. The van der Waals surface area contributed by atoms with Crippen LogP contribution >= 0.6 is 27.5 Å². The predicted octanol–water partition coefficient (Wildman–Crippen LogP) is 5.57. The molecule has 0 saturated carbocycles. The lowest BCUT2D eigenvalue weighted by Gasteiger charge is -2.15. The van der Waals surface area contributed by atoms with E-state index in [1.807, 2.05) is 36.4 Å². The molecule has 1 atom stereocenters. The summed E-state index contributed by atoms with van der Waals surface area (Å²) in [6.07, 6.45) is 0. The maximum absolute atomic E-state index is 5.86. The molecular weight excluding hydrogens is 338 g/mol. The van der Waals surface area contributed by atoms with Crippen molar-refractivity contribution in [2.75, 3.05) is 6.54 Å². The van der Waals surface area contributed by atoms with Gasteiger partial charge in [0.1, 0.15) is 11.5 Å². The first-order valence-corrected chi connectivity index (χ1v) is 7.73. The number of nitrogens with one attached hydrogen (secondary N) is 1. The van der Waals surface area contributed by atoms with Crippen LogP contribution in [0.3, 0.4) is 0 Å². The number of halogens is 2. The third-order valence-electron chi connectivity index (χ3n) is 3.00. The summed E-state index contributed by atoms with van der Waals surface area (Å²) in [5, 5.41) is 4.09. The third kappa shape index (κ3) is 3.98. The van der Waals surface area contributed by atoms with Crippen LogP contribution in [0.4, 0.5) is 0 Å². The lowest BCUT2D eigenvalue weighted by atomic mass is 10.1. The van der Waals surface area contributed by atoms with Gasteiger partial charge in [-0.25, -0.2) is 0 Å². The fraction of sp³-hybridized carbons (Fsp3) is 0.250. The van der Waals surface area contributed by atoms with Crippen LogP contribution in [0, 0.1) is 0 Å². The zero-order valence-corrected chi connectivity index (χ0v) is 13.8. The Balaban J connectivity index is 2.14. The lowest BCUT2D eigenvalue weighted by molar-refractivity contribution is 0.481. The van der Waals surface area contributed by atoms with Crippen molar-refractivity contribution in [1.29, 1.82) is 0 Å².